The lowest BCUT2D eigenvalue weighted by molar-refractivity contribution is -0.142. The van der Waals surface area contributed by atoms with Gasteiger partial charge in [0.15, 0.2) is 0 Å². The number of esters is 1. The fourth-order valence-corrected chi connectivity index (χ4v) is 2.18. The summed E-state index contributed by atoms with van der Waals surface area (Å²) >= 11 is 0. The van der Waals surface area contributed by atoms with Crippen LogP contribution in [0.25, 0.3) is 0 Å². The van der Waals surface area contributed by atoms with Crippen molar-refractivity contribution in [3.63, 3.8) is 0 Å². The Morgan fingerprint density at radius 2 is 1.90 bits per heavy atom. The predicted molar refractivity (Wildman–Crippen MR) is 76.5 cm³/mol. The van der Waals surface area contributed by atoms with Gasteiger partial charge in [-0.3, -0.25) is 4.79 Å². The lowest BCUT2D eigenvalue weighted by atomic mass is 9.95. The van der Waals surface area contributed by atoms with Gasteiger partial charge in [0.05, 0.1) is 6.61 Å². The SMILES string of the molecule is CCOC(=O)C1=C(C)CC(C)N(C(=O)OC(C)(C)C)C1=O. The van der Waals surface area contributed by atoms with Gasteiger partial charge in [0.1, 0.15) is 11.2 Å². The standard InChI is InChI=1S/C15H23NO5/c1-7-20-13(18)11-9(2)8-10(3)16(12(11)17)14(19)21-15(4,5)6/h10H,7-8H2,1-6H3. The van der Waals surface area contributed by atoms with Crippen LogP contribution in [0.1, 0.15) is 48.0 Å². The van der Waals surface area contributed by atoms with Crippen LogP contribution in [0.2, 0.25) is 0 Å². The van der Waals surface area contributed by atoms with Crippen molar-refractivity contribution in [1.82, 2.24) is 4.90 Å². The van der Waals surface area contributed by atoms with E-state index in [0.717, 1.165) is 4.90 Å². The van der Waals surface area contributed by atoms with Crippen LogP contribution >= 0.6 is 0 Å². The highest BCUT2D eigenvalue weighted by atomic mass is 16.6. The number of carbonyl (C=O) groups is 3. The van der Waals surface area contributed by atoms with Gasteiger partial charge in [0.2, 0.25) is 0 Å². The second-order valence-corrected chi connectivity index (χ2v) is 6.08. The summed E-state index contributed by atoms with van der Waals surface area (Å²) in [6.07, 6.45) is -0.312. The molecule has 1 rings (SSSR count). The van der Waals surface area contributed by atoms with Crippen molar-refractivity contribution >= 4 is 18.0 Å². The Hall–Kier alpha value is -1.85. The molecular weight excluding hydrogens is 274 g/mol. The number of hydrogen-bond acceptors (Lipinski definition) is 5. The van der Waals surface area contributed by atoms with E-state index in [1.165, 1.54) is 0 Å². The number of amides is 2. The monoisotopic (exact) mass is 297 g/mol. The van der Waals surface area contributed by atoms with Crippen molar-refractivity contribution in [1.29, 1.82) is 0 Å². The summed E-state index contributed by atoms with van der Waals surface area (Å²) in [5, 5.41) is 0. The fourth-order valence-electron chi connectivity index (χ4n) is 2.18. The molecule has 118 valence electrons. The minimum atomic E-state index is -0.741. The molecule has 0 N–H and O–H groups in total. The Kier molecular flexibility index (Phi) is 5.15. The number of carbonyl (C=O) groups excluding carboxylic acids is 3. The molecule has 1 heterocycles. The van der Waals surface area contributed by atoms with E-state index < -0.39 is 23.6 Å². The van der Waals surface area contributed by atoms with Gasteiger partial charge >= 0.3 is 12.1 Å². The molecule has 0 aliphatic carbocycles. The summed E-state index contributed by atoms with van der Waals surface area (Å²) in [7, 11) is 0. The first-order valence-corrected chi connectivity index (χ1v) is 7.02. The van der Waals surface area contributed by atoms with Gasteiger partial charge in [-0.05, 0) is 48.0 Å². The van der Waals surface area contributed by atoms with Gasteiger partial charge in [-0.25, -0.2) is 14.5 Å². The topological polar surface area (TPSA) is 72.9 Å². The van der Waals surface area contributed by atoms with Crippen molar-refractivity contribution in [2.75, 3.05) is 6.61 Å². The molecular formula is C15H23NO5. The van der Waals surface area contributed by atoms with Crippen LogP contribution < -0.4 is 0 Å². The summed E-state index contributed by atoms with van der Waals surface area (Å²) in [6.45, 7) is 10.4. The minimum absolute atomic E-state index is 0.0687. The fraction of sp³-hybridized carbons (Fsp3) is 0.667. The Labute approximate surface area is 125 Å². The maximum Gasteiger partial charge on any atom is 0.417 e. The van der Waals surface area contributed by atoms with Gasteiger partial charge in [-0.2, -0.15) is 0 Å². The number of hydrogen-bond donors (Lipinski definition) is 0. The summed E-state index contributed by atoms with van der Waals surface area (Å²) in [4.78, 5) is 37.5. The molecule has 0 fully saturated rings. The molecule has 0 saturated carbocycles. The molecule has 0 aromatic rings. The second kappa shape index (κ2) is 6.28. The zero-order valence-electron chi connectivity index (χ0n) is 13.5. The van der Waals surface area contributed by atoms with Crippen LogP contribution in [-0.4, -0.2) is 41.1 Å². The summed E-state index contributed by atoms with van der Waals surface area (Å²) < 4.78 is 10.1. The zero-order valence-corrected chi connectivity index (χ0v) is 13.5. The Morgan fingerprint density at radius 3 is 2.38 bits per heavy atom. The molecule has 6 nitrogen and oxygen atoms in total. The van der Waals surface area contributed by atoms with E-state index in [4.69, 9.17) is 9.47 Å². The van der Waals surface area contributed by atoms with Crippen molar-refractivity contribution in [3.05, 3.63) is 11.1 Å². The van der Waals surface area contributed by atoms with Crippen LogP contribution in [-0.2, 0) is 19.1 Å². The first kappa shape index (κ1) is 17.2. The van der Waals surface area contributed by atoms with E-state index in [2.05, 4.69) is 0 Å². The minimum Gasteiger partial charge on any atom is -0.462 e. The Bertz CT molecular complexity index is 487. The average Bonchev–Trinajstić information content (AvgIpc) is 2.25. The molecule has 0 aromatic heterocycles. The quantitative estimate of drug-likeness (QED) is 0.578. The maximum absolute atomic E-state index is 12.5. The molecule has 1 aliphatic rings. The number of nitrogens with zero attached hydrogens (tertiary/aromatic N) is 1. The second-order valence-electron chi connectivity index (χ2n) is 6.08. The molecule has 0 aromatic carbocycles. The smallest absolute Gasteiger partial charge is 0.417 e. The predicted octanol–water partition coefficient (Wildman–Crippen LogP) is 2.42. The summed E-state index contributed by atoms with van der Waals surface area (Å²) in [5.74, 6) is -1.35. The molecule has 6 heteroatoms. The van der Waals surface area contributed by atoms with Crippen LogP contribution in [0.3, 0.4) is 0 Å². The maximum atomic E-state index is 12.5. The van der Waals surface area contributed by atoms with Gasteiger partial charge in [-0.15, -0.1) is 0 Å². The summed E-state index contributed by atoms with van der Waals surface area (Å²) in [5.41, 5.74) is -0.149. The molecule has 21 heavy (non-hydrogen) atoms. The number of imide groups is 1. The third-order valence-corrected chi connectivity index (χ3v) is 2.97. The number of ether oxygens (including phenoxy) is 2. The van der Waals surface area contributed by atoms with Crippen molar-refractivity contribution in [2.45, 2.75) is 59.6 Å². The Balaban J connectivity index is 3.07. The van der Waals surface area contributed by atoms with Gasteiger partial charge in [-0.1, -0.05) is 5.57 Å². The third-order valence-electron chi connectivity index (χ3n) is 2.97. The van der Waals surface area contributed by atoms with Crippen molar-refractivity contribution in [2.24, 2.45) is 0 Å². The lowest BCUT2D eigenvalue weighted by Gasteiger charge is -2.34. The van der Waals surface area contributed by atoms with E-state index in [-0.39, 0.29) is 18.2 Å². The number of rotatable bonds is 2. The van der Waals surface area contributed by atoms with Crippen molar-refractivity contribution < 1.29 is 23.9 Å². The first-order chi connectivity index (χ1) is 9.58. The molecule has 1 aliphatic heterocycles. The van der Waals surface area contributed by atoms with Gasteiger partial charge in [0.25, 0.3) is 5.91 Å². The molecule has 1 unspecified atom stereocenters. The molecule has 0 bridgehead atoms. The van der Waals surface area contributed by atoms with E-state index in [9.17, 15) is 14.4 Å². The van der Waals surface area contributed by atoms with Crippen LogP contribution in [0.15, 0.2) is 11.1 Å². The van der Waals surface area contributed by atoms with Crippen LogP contribution in [0.5, 0.6) is 0 Å². The van der Waals surface area contributed by atoms with E-state index in [1.807, 2.05) is 0 Å². The first-order valence-electron chi connectivity index (χ1n) is 7.02. The highest BCUT2D eigenvalue weighted by Crippen LogP contribution is 2.26. The van der Waals surface area contributed by atoms with Crippen molar-refractivity contribution in [3.8, 4) is 0 Å². The van der Waals surface area contributed by atoms with Gasteiger partial charge < -0.3 is 9.47 Å². The molecule has 0 spiro atoms. The van der Waals surface area contributed by atoms with Crippen LogP contribution in [0.4, 0.5) is 4.79 Å². The van der Waals surface area contributed by atoms with E-state index >= 15 is 0 Å². The molecule has 0 radical (unpaired) electrons. The van der Waals surface area contributed by atoms with Gasteiger partial charge in [0, 0.05) is 6.04 Å². The summed E-state index contributed by atoms with van der Waals surface area (Å²) in [6, 6.07) is -0.356. The highest BCUT2D eigenvalue weighted by Gasteiger charge is 2.40. The third kappa shape index (κ3) is 4.06. The van der Waals surface area contributed by atoms with Crippen LogP contribution in [0, 0.1) is 0 Å². The molecule has 1 atom stereocenters. The highest BCUT2D eigenvalue weighted by molar-refractivity contribution is 6.20. The normalized spacial score (nSPS) is 19.6. The molecule has 0 saturated heterocycles. The zero-order chi connectivity index (χ0) is 16.4. The van der Waals surface area contributed by atoms with E-state index in [1.54, 1.807) is 41.5 Å². The Morgan fingerprint density at radius 1 is 1.33 bits per heavy atom. The largest absolute Gasteiger partial charge is 0.462 e. The lowest BCUT2D eigenvalue weighted by Crippen LogP contribution is -2.50. The van der Waals surface area contributed by atoms with E-state index in [0.29, 0.717) is 12.0 Å². The molecule has 2 amide bonds. The average molecular weight is 297 g/mol.